The second kappa shape index (κ2) is 12.4. The average molecular weight is 735 g/mol. The van der Waals surface area contributed by atoms with Gasteiger partial charge in [0.05, 0.1) is 43.1 Å². The van der Waals surface area contributed by atoms with Crippen LogP contribution in [0.25, 0.3) is 0 Å². The van der Waals surface area contributed by atoms with Crippen LogP contribution in [0, 0.1) is 5.92 Å². The van der Waals surface area contributed by atoms with Gasteiger partial charge in [-0.15, -0.1) is 0 Å². The Morgan fingerprint density at radius 3 is 2.54 bits per heavy atom. The lowest BCUT2D eigenvalue weighted by Crippen LogP contribution is -2.46. The summed E-state index contributed by atoms with van der Waals surface area (Å²) in [4.78, 5) is 58.0. The SMILES string of the molecule is C[C@H]1[C@H]([Si](C)(C)O)[C@@H](CC(=O)N2CCC[C@H]2CO)O[C@]12C(=O)N(Cc1ccc(N3C(=O)COc4ccccc43)cc1)c1ccc(Br)cc12. The highest BCUT2D eigenvalue weighted by molar-refractivity contribution is 9.10. The van der Waals surface area contributed by atoms with Crippen LogP contribution < -0.4 is 14.5 Å². The molecule has 2 saturated heterocycles. The van der Waals surface area contributed by atoms with E-state index in [1.54, 1.807) is 14.7 Å². The molecule has 4 aliphatic rings. The number of benzene rings is 3. The van der Waals surface area contributed by atoms with E-state index in [0.29, 0.717) is 29.2 Å². The minimum Gasteiger partial charge on any atom is -0.482 e. The number of carbonyl (C=O) groups excluding carboxylic acids is 3. The summed E-state index contributed by atoms with van der Waals surface area (Å²) in [6, 6.07) is 20.5. The van der Waals surface area contributed by atoms with Gasteiger partial charge in [-0.3, -0.25) is 19.3 Å². The quantitative estimate of drug-likeness (QED) is 0.320. The van der Waals surface area contributed by atoms with Gasteiger partial charge in [0.25, 0.3) is 11.8 Å². The van der Waals surface area contributed by atoms with E-state index in [1.807, 2.05) is 86.7 Å². The van der Waals surface area contributed by atoms with E-state index in [0.717, 1.165) is 28.6 Å². The van der Waals surface area contributed by atoms with Crippen LogP contribution >= 0.6 is 15.9 Å². The van der Waals surface area contributed by atoms with Gasteiger partial charge in [0, 0.05) is 33.7 Å². The number of likely N-dealkylation sites (tertiary alicyclic amines) is 1. The number of halogens is 1. The number of aliphatic hydroxyl groups is 1. The summed E-state index contributed by atoms with van der Waals surface area (Å²) in [7, 11) is -2.96. The predicted octanol–water partition coefficient (Wildman–Crippen LogP) is 5.22. The molecule has 252 valence electrons. The zero-order chi connectivity index (χ0) is 34.0. The number of fused-ring (bicyclic) bond motifs is 3. The molecular weight excluding hydrogens is 694 g/mol. The van der Waals surface area contributed by atoms with Crippen molar-refractivity contribution in [3.05, 3.63) is 82.3 Å². The molecule has 5 atom stereocenters. The van der Waals surface area contributed by atoms with Crippen molar-refractivity contribution in [3.8, 4) is 5.75 Å². The molecule has 4 aliphatic heterocycles. The van der Waals surface area contributed by atoms with Gasteiger partial charge < -0.3 is 29.2 Å². The largest absolute Gasteiger partial charge is 0.482 e. The van der Waals surface area contributed by atoms with Crippen molar-refractivity contribution < 1.29 is 33.8 Å². The van der Waals surface area contributed by atoms with Crippen LogP contribution in [0.3, 0.4) is 0 Å². The molecule has 7 rings (SSSR count). The Morgan fingerprint density at radius 2 is 1.81 bits per heavy atom. The molecule has 0 aliphatic carbocycles. The maximum absolute atomic E-state index is 14.8. The number of rotatable bonds is 7. The van der Waals surface area contributed by atoms with E-state index < -0.39 is 25.9 Å². The molecule has 0 saturated carbocycles. The van der Waals surface area contributed by atoms with Crippen molar-refractivity contribution in [1.82, 2.24) is 4.90 Å². The van der Waals surface area contributed by atoms with E-state index in [4.69, 9.17) is 9.47 Å². The molecular formula is C36H40BrN3O7Si. The van der Waals surface area contributed by atoms with E-state index >= 15 is 0 Å². The molecule has 3 amide bonds. The number of anilines is 3. The average Bonchev–Trinajstić information content (AvgIpc) is 3.72. The number of carbonyl (C=O) groups is 3. The Bertz CT molecular complexity index is 1760. The molecule has 0 radical (unpaired) electrons. The Morgan fingerprint density at radius 1 is 1.06 bits per heavy atom. The molecule has 4 heterocycles. The lowest BCUT2D eigenvalue weighted by molar-refractivity contribution is -0.150. The van der Waals surface area contributed by atoms with Gasteiger partial charge >= 0.3 is 0 Å². The molecule has 0 aromatic heterocycles. The molecule has 12 heteroatoms. The van der Waals surface area contributed by atoms with Crippen molar-refractivity contribution in [2.45, 2.75) is 69.1 Å². The first-order chi connectivity index (χ1) is 22.9. The fourth-order valence-corrected chi connectivity index (χ4v) is 11.3. The summed E-state index contributed by atoms with van der Waals surface area (Å²) in [5.41, 5.74) is 1.91. The minimum absolute atomic E-state index is 0.0334. The number of hydrogen-bond acceptors (Lipinski definition) is 7. The maximum Gasteiger partial charge on any atom is 0.269 e. The number of hydrogen-bond donors (Lipinski definition) is 2. The van der Waals surface area contributed by atoms with E-state index in [-0.39, 0.29) is 55.5 Å². The van der Waals surface area contributed by atoms with Crippen LogP contribution in [-0.2, 0) is 31.3 Å². The molecule has 2 N–H and O–H groups in total. The van der Waals surface area contributed by atoms with E-state index in [9.17, 15) is 24.3 Å². The lowest BCUT2D eigenvalue weighted by Gasteiger charge is -2.33. The maximum atomic E-state index is 14.8. The first kappa shape index (κ1) is 33.0. The highest BCUT2D eigenvalue weighted by Crippen LogP contribution is 2.60. The van der Waals surface area contributed by atoms with Crippen LogP contribution in [0.1, 0.15) is 37.3 Å². The van der Waals surface area contributed by atoms with Crippen molar-refractivity contribution in [2.24, 2.45) is 5.92 Å². The number of nitrogens with zero attached hydrogens (tertiary/aromatic N) is 3. The third-order valence-corrected chi connectivity index (χ3v) is 13.5. The lowest BCUT2D eigenvalue weighted by atomic mass is 9.82. The third kappa shape index (κ3) is 5.38. The van der Waals surface area contributed by atoms with Crippen LogP contribution in [0.2, 0.25) is 18.6 Å². The number of ether oxygens (including phenoxy) is 2. The van der Waals surface area contributed by atoms with E-state index in [1.165, 1.54) is 0 Å². The van der Waals surface area contributed by atoms with Gasteiger partial charge in [-0.2, -0.15) is 0 Å². The Balaban J connectivity index is 1.20. The van der Waals surface area contributed by atoms with Crippen LogP contribution in [0.15, 0.2) is 71.2 Å². The van der Waals surface area contributed by atoms with Gasteiger partial charge in [-0.25, -0.2) is 0 Å². The summed E-state index contributed by atoms with van der Waals surface area (Å²) in [5.74, 6) is -0.280. The summed E-state index contributed by atoms with van der Waals surface area (Å²) in [5, 5.41) is 9.85. The molecule has 0 unspecified atom stereocenters. The van der Waals surface area contributed by atoms with Crippen molar-refractivity contribution in [1.29, 1.82) is 0 Å². The minimum atomic E-state index is -2.96. The van der Waals surface area contributed by atoms with Crippen LogP contribution in [0.5, 0.6) is 5.75 Å². The summed E-state index contributed by atoms with van der Waals surface area (Å²) in [6.07, 6.45) is 0.955. The Kier molecular flexibility index (Phi) is 8.52. The second-order valence-corrected chi connectivity index (χ2v) is 18.7. The predicted molar refractivity (Wildman–Crippen MR) is 186 cm³/mol. The zero-order valence-corrected chi connectivity index (χ0v) is 29.9. The number of aliphatic hydroxyl groups excluding tert-OH is 1. The highest BCUT2D eigenvalue weighted by Gasteiger charge is 2.66. The van der Waals surface area contributed by atoms with Gasteiger partial charge in [0.15, 0.2) is 20.5 Å². The first-order valence-electron chi connectivity index (χ1n) is 16.5. The van der Waals surface area contributed by atoms with Crippen LogP contribution in [-0.4, -0.2) is 72.7 Å². The number of amides is 3. The number of para-hydroxylation sites is 2. The van der Waals surface area contributed by atoms with Crippen molar-refractivity contribution in [2.75, 3.05) is 29.6 Å². The molecule has 3 aromatic rings. The Labute approximate surface area is 289 Å². The second-order valence-electron chi connectivity index (χ2n) is 13.8. The fraction of sp³-hybridized carbons (Fsp3) is 0.417. The molecule has 48 heavy (non-hydrogen) atoms. The van der Waals surface area contributed by atoms with Crippen LogP contribution in [0.4, 0.5) is 17.1 Å². The molecule has 10 nitrogen and oxygen atoms in total. The van der Waals surface area contributed by atoms with Gasteiger partial charge in [0.1, 0.15) is 5.75 Å². The van der Waals surface area contributed by atoms with Gasteiger partial charge in [-0.1, -0.05) is 47.1 Å². The van der Waals surface area contributed by atoms with Crippen molar-refractivity contribution >= 4 is 59.0 Å². The monoisotopic (exact) mass is 733 g/mol. The summed E-state index contributed by atoms with van der Waals surface area (Å²) in [6.45, 7) is 6.36. The zero-order valence-electron chi connectivity index (χ0n) is 27.3. The summed E-state index contributed by atoms with van der Waals surface area (Å²) < 4.78 is 13.3. The molecule has 1 spiro atoms. The fourth-order valence-electron chi connectivity index (χ4n) is 8.37. The highest BCUT2D eigenvalue weighted by atomic mass is 79.9. The topological polar surface area (TPSA) is 120 Å². The van der Waals surface area contributed by atoms with Gasteiger partial charge in [0.2, 0.25) is 5.91 Å². The molecule has 0 bridgehead atoms. The van der Waals surface area contributed by atoms with E-state index in [2.05, 4.69) is 15.9 Å². The molecule has 3 aromatic carbocycles. The van der Waals surface area contributed by atoms with Gasteiger partial charge in [-0.05, 0) is 74.0 Å². The first-order valence-corrected chi connectivity index (χ1v) is 20.3. The van der Waals surface area contributed by atoms with Crippen molar-refractivity contribution in [3.63, 3.8) is 0 Å². The normalized spacial score (nSPS) is 26.7. The smallest absolute Gasteiger partial charge is 0.269 e. The standard InChI is InChI=1S/C36H40BrN3O7Si/c1-22-34(48(2,3)45)31(18-32(42)38-16-6-7-26(38)20-41)47-36(22)27-17-24(37)12-15-28(27)39(35(36)44)19-23-10-13-25(14-11-23)40-29-8-4-5-9-30(29)46-21-33(40)43/h4-5,8-15,17,22,26,31,34,41,45H,6-7,16,18-21H2,1-3H3/t22-,26-,31+,34-,36+/m0/s1. The Hall–Kier alpha value is -3.55. The third-order valence-electron chi connectivity index (χ3n) is 10.5. The summed E-state index contributed by atoms with van der Waals surface area (Å²) >= 11 is 3.60. The molecule has 2 fully saturated rings.